The lowest BCUT2D eigenvalue weighted by atomic mass is 10.2. The zero-order chi connectivity index (χ0) is 16.8. The monoisotopic (exact) mass is 377 g/mol. The topological polar surface area (TPSA) is 21.3 Å². The van der Waals surface area contributed by atoms with Gasteiger partial charge in [0.25, 0.3) is 0 Å². The fraction of sp³-hybridized carbons (Fsp3) is 0.158. The second-order valence-electron chi connectivity index (χ2n) is 5.36. The van der Waals surface area contributed by atoms with E-state index in [1.54, 1.807) is 17.4 Å². The molecule has 0 atom stereocenters. The first kappa shape index (κ1) is 17.3. The molecule has 0 bridgehead atoms. The SMILES string of the molecule is Clc1ccc(COc2ccc(CNCc3cccs3)cc2)cc1Cl. The van der Waals surface area contributed by atoms with E-state index in [2.05, 4.69) is 35.0 Å². The summed E-state index contributed by atoms with van der Waals surface area (Å²) in [5.41, 5.74) is 2.22. The lowest BCUT2D eigenvalue weighted by Gasteiger charge is -2.09. The first-order valence-corrected chi connectivity index (χ1v) is 9.23. The number of benzene rings is 2. The van der Waals surface area contributed by atoms with E-state index in [-0.39, 0.29) is 0 Å². The number of ether oxygens (including phenoxy) is 1. The summed E-state index contributed by atoms with van der Waals surface area (Å²) in [7, 11) is 0. The van der Waals surface area contributed by atoms with Crippen molar-refractivity contribution in [3.8, 4) is 5.75 Å². The normalized spacial score (nSPS) is 10.8. The van der Waals surface area contributed by atoms with Gasteiger partial charge in [0.15, 0.2) is 0 Å². The molecule has 3 rings (SSSR count). The summed E-state index contributed by atoms with van der Waals surface area (Å²) in [5.74, 6) is 0.836. The van der Waals surface area contributed by atoms with Gasteiger partial charge in [0.2, 0.25) is 0 Å². The number of hydrogen-bond acceptors (Lipinski definition) is 3. The van der Waals surface area contributed by atoms with E-state index in [1.807, 2.05) is 24.3 Å². The van der Waals surface area contributed by atoms with Crippen LogP contribution in [-0.4, -0.2) is 0 Å². The zero-order valence-corrected chi connectivity index (χ0v) is 15.3. The summed E-state index contributed by atoms with van der Waals surface area (Å²) in [6.07, 6.45) is 0. The Labute approximate surface area is 156 Å². The van der Waals surface area contributed by atoms with Crippen molar-refractivity contribution < 1.29 is 4.74 Å². The largest absolute Gasteiger partial charge is 0.489 e. The predicted octanol–water partition coefficient (Wildman–Crippen LogP) is 5.92. The molecule has 0 aliphatic rings. The van der Waals surface area contributed by atoms with Crippen molar-refractivity contribution in [3.63, 3.8) is 0 Å². The molecule has 24 heavy (non-hydrogen) atoms. The molecule has 124 valence electrons. The highest BCUT2D eigenvalue weighted by atomic mass is 35.5. The van der Waals surface area contributed by atoms with Gasteiger partial charge >= 0.3 is 0 Å². The highest BCUT2D eigenvalue weighted by Crippen LogP contribution is 2.23. The van der Waals surface area contributed by atoms with E-state index in [1.165, 1.54) is 10.4 Å². The molecule has 3 aromatic rings. The maximum atomic E-state index is 6.01. The number of hydrogen-bond donors (Lipinski definition) is 1. The molecule has 2 nitrogen and oxygen atoms in total. The third-order valence-electron chi connectivity index (χ3n) is 3.52. The van der Waals surface area contributed by atoms with Crippen LogP contribution in [0.2, 0.25) is 10.0 Å². The van der Waals surface area contributed by atoms with E-state index in [9.17, 15) is 0 Å². The standard InChI is InChI=1S/C19H17Cl2NOS/c20-18-8-5-15(10-19(18)21)13-23-16-6-3-14(4-7-16)11-22-12-17-2-1-9-24-17/h1-10,22H,11-13H2. The average Bonchev–Trinajstić information content (AvgIpc) is 3.10. The molecule has 0 fully saturated rings. The molecular formula is C19H17Cl2NOS. The van der Waals surface area contributed by atoms with Crippen LogP contribution in [0.4, 0.5) is 0 Å². The van der Waals surface area contributed by atoms with Crippen LogP contribution in [0.15, 0.2) is 60.0 Å². The highest BCUT2D eigenvalue weighted by Gasteiger charge is 2.01. The smallest absolute Gasteiger partial charge is 0.119 e. The van der Waals surface area contributed by atoms with Crippen molar-refractivity contribution in [3.05, 3.63) is 86.0 Å². The minimum absolute atomic E-state index is 0.465. The van der Waals surface area contributed by atoms with E-state index < -0.39 is 0 Å². The van der Waals surface area contributed by atoms with Crippen molar-refractivity contribution in [1.29, 1.82) is 0 Å². The van der Waals surface area contributed by atoms with Crippen LogP contribution in [0.3, 0.4) is 0 Å². The van der Waals surface area contributed by atoms with Crippen molar-refractivity contribution in [2.24, 2.45) is 0 Å². The predicted molar refractivity (Wildman–Crippen MR) is 102 cm³/mol. The van der Waals surface area contributed by atoms with Crippen LogP contribution in [0.5, 0.6) is 5.75 Å². The van der Waals surface area contributed by atoms with Crippen LogP contribution in [-0.2, 0) is 19.7 Å². The maximum Gasteiger partial charge on any atom is 0.119 e. The number of rotatable bonds is 7. The zero-order valence-electron chi connectivity index (χ0n) is 13.0. The van der Waals surface area contributed by atoms with Crippen LogP contribution in [0, 0.1) is 0 Å². The molecule has 0 saturated heterocycles. The summed E-state index contributed by atoms with van der Waals surface area (Å²) < 4.78 is 5.78. The van der Waals surface area contributed by atoms with E-state index in [4.69, 9.17) is 27.9 Å². The Hall–Kier alpha value is -1.52. The molecule has 1 aromatic heterocycles. The lowest BCUT2D eigenvalue weighted by Crippen LogP contribution is -2.11. The molecular weight excluding hydrogens is 361 g/mol. The first-order valence-electron chi connectivity index (χ1n) is 7.59. The minimum atomic E-state index is 0.465. The van der Waals surface area contributed by atoms with Gasteiger partial charge < -0.3 is 10.1 Å². The fourth-order valence-electron chi connectivity index (χ4n) is 2.24. The van der Waals surface area contributed by atoms with Crippen LogP contribution >= 0.6 is 34.5 Å². The molecule has 0 spiro atoms. The van der Waals surface area contributed by atoms with Gasteiger partial charge in [-0.05, 0) is 46.8 Å². The van der Waals surface area contributed by atoms with Gasteiger partial charge in [0, 0.05) is 18.0 Å². The Morgan fingerprint density at radius 2 is 1.67 bits per heavy atom. The minimum Gasteiger partial charge on any atom is -0.489 e. The molecule has 0 aliphatic heterocycles. The summed E-state index contributed by atoms with van der Waals surface area (Å²) >= 11 is 13.7. The van der Waals surface area contributed by atoms with E-state index in [0.717, 1.165) is 24.4 Å². The summed E-state index contributed by atoms with van der Waals surface area (Å²) in [5, 5.41) is 6.63. The highest BCUT2D eigenvalue weighted by molar-refractivity contribution is 7.09. The number of nitrogens with one attached hydrogen (secondary N) is 1. The Bertz CT molecular complexity index is 773. The molecule has 0 aliphatic carbocycles. The second-order valence-corrected chi connectivity index (χ2v) is 7.21. The van der Waals surface area contributed by atoms with E-state index in [0.29, 0.717) is 16.7 Å². The Morgan fingerprint density at radius 1 is 0.875 bits per heavy atom. The molecule has 0 radical (unpaired) electrons. The van der Waals surface area contributed by atoms with Crippen molar-refractivity contribution >= 4 is 34.5 Å². The second kappa shape index (κ2) is 8.54. The number of thiophene rings is 1. The molecule has 0 saturated carbocycles. The van der Waals surface area contributed by atoms with Crippen molar-refractivity contribution in [1.82, 2.24) is 5.32 Å². The molecule has 0 unspecified atom stereocenters. The van der Waals surface area contributed by atoms with Crippen LogP contribution in [0.1, 0.15) is 16.0 Å². The lowest BCUT2D eigenvalue weighted by molar-refractivity contribution is 0.306. The maximum absolute atomic E-state index is 6.01. The van der Waals surface area contributed by atoms with Crippen molar-refractivity contribution in [2.45, 2.75) is 19.7 Å². The van der Waals surface area contributed by atoms with Gasteiger partial charge in [-0.1, -0.05) is 47.5 Å². The van der Waals surface area contributed by atoms with Crippen LogP contribution < -0.4 is 10.1 Å². The van der Waals surface area contributed by atoms with Crippen LogP contribution in [0.25, 0.3) is 0 Å². The molecule has 1 heterocycles. The third kappa shape index (κ3) is 4.99. The molecule has 1 N–H and O–H groups in total. The molecule has 2 aromatic carbocycles. The number of halogens is 2. The summed E-state index contributed by atoms with van der Waals surface area (Å²) in [6, 6.07) is 17.9. The first-order chi connectivity index (χ1) is 11.7. The van der Waals surface area contributed by atoms with Gasteiger partial charge in [-0.2, -0.15) is 0 Å². The third-order valence-corrected chi connectivity index (χ3v) is 5.14. The van der Waals surface area contributed by atoms with Gasteiger partial charge in [0.05, 0.1) is 10.0 Å². The van der Waals surface area contributed by atoms with Gasteiger partial charge in [-0.15, -0.1) is 11.3 Å². The van der Waals surface area contributed by atoms with E-state index >= 15 is 0 Å². The van der Waals surface area contributed by atoms with Crippen molar-refractivity contribution in [2.75, 3.05) is 0 Å². The Balaban J connectivity index is 1.48. The Morgan fingerprint density at radius 3 is 2.38 bits per heavy atom. The summed E-state index contributed by atoms with van der Waals surface area (Å²) in [6.45, 7) is 2.20. The quantitative estimate of drug-likeness (QED) is 0.551. The fourth-order valence-corrected chi connectivity index (χ4v) is 3.24. The molecule has 5 heteroatoms. The Kier molecular flexibility index (Phi) is 6.16. The summed E-state index contributed by atoms with van der Waals surface area (Å²) in [4.78, 5) is 1.34. The van der Waals surface area contributed by atoms with Gasteiger partial charge in [0.1, 0.15) is 12.4 Å². The van der Waals surface area contributed by atoms with Gasteiger partial charge in [-0.3, -0.25) is 0 Å². The average molecular weight is 378 g/mol. The molecule has 0 amide bonds. The van der Waals surface area contributed by atoms with Gasteiger partial charge in [-0.25, -0.2) is 0 Å².